The second kappa shape index (κ2) is 21.2. The molecule has 0 spiro atoms. The minimum absolute atomic E-state index is 0.00129. The molecule has 0 aliphatic carbocycles. The molecule has 1 amide bonds. The third kappa shape index (κ3) is 13.7. The fraction of sp³-hybridized carbons (Fsp3) is 0.525. The number of carbonyl (C=O) groups excluding carboxylic acids is 1. The second-order valence-electron chi connectivity index (χ2n) is 12.8. The molecule has 3 aromatic rings. The van der Waals surface area contributed by atoms with Crippen LogP contribution in [0.15, 0.2) is 77.7 Å². The van der Waals surface area contributed by atoms with Gasteiger partial charge in [-0.15, -0.1) is 11.8 Å². The molecule has 3 aromatic carbocycles. The number of amides is 1. The summed E-state index contributed by atoms with van der Waals surface area (Å²) in [5.41, 5.74) is 3.51. The average Bonchev–Trinajstić information content (AvgIpc) is 3.10. The molecule has 7 heteroatoms. The molecule has 1 aliphatic heterocycles. The van der Waals surface area contributed by atoms with Crippen molar-refractivity contribution in [1.82, 2.24) is 0 Å². The highest BCUT2D eigenvalue weighted by Crippen LogP contribution is 2.40. The summed E-state index contributed by atoms with van der Waals surface area (Å²) in [5.74, 6) is 1.02. The Bertz CT molecular complexity index is 1300. The normalized spacial score (nSPS) is 17.9. The number of hydrogen-bond donors (Lipinski definition) is 3. The number of thioether (sulfide) groups is 1. The number of nitrogens with one attached hydrogen (secondary N) is 1. The Morgan fingerprint density at radius 2 is 1.43 bits per heavy atom. The number of ether oxygens (including phenoxy) is 2. The molecule has 3 N–H and O–H groups in total. The number of phenolic OH excluding ortho intramolecular Hbond substituents is 1. The summed E-state index contributed by atoms with van der Waals surface area (Å²) >= 11 is 1.69. The first-order valence-corrected chi connectivity index (χ1v) is 18.8. The lowest BCUT2D eigenvalue weighted by Gasteiger charge is -2.36. The molecule has 256 valence electrons. The maximum Gasteiger partial charge on any atom is 0.224 e. The van der Waals surface area contributed by atoms with E-state index in [9.17, 15) is 15.0 Å². The predicted molar refractivity (Wildman–Crippen MR) is 193 cm³/mol. The molecule has 1 fully saturated rings. The minimum atomic E-state index is -0.588. The van der Waals surface area contributed by atoms with Crippen molar-refractivity contribution < 1.29 is 24.5 Å². The Kier molecular flexibility index (Phi) is 16.7. The molecule has 1 heterocycles. The Morgan fingerprint density at radius 3 is 2.06 bits per heavy atom. The highest BCUT2D eigenvalue weighted by atomic mass is 32.2. The van der Waals surface area contributed by atoms with E-state index in [1.807, 2.05) is 60.7 Å². The van der Waals surface area contributed by atoms with E-state index in [1.165, 1.54) is 70.6 Å². The van der Waals surface area contributed by atoms with Gasteiger partial charge in [-0.3, -0.25) is 4.79 Å². The lowest BCUT2D eigenvalue weighted by Crippen LogP contribution is -2.31. The molecule has 1 aliphatic rings. The third-order valence-electron chi connectivity index (χ3n) is 8.84. The molecule has 0 bridgehead atoms. The van der Waals surface area contributed by atoms with Crippen LogP contribution in [0, 0.1) is 0 Å². The van der Waals surface area contributed by atoms with E-state index in [2.05, 4.69) is 12.2 Å². The number of benzene rings is 3. The van der Waals surface area contributed by atoms with E-state index in [0.29, 0.717) is 12.8 Å². The van der Waals surface area contributed by atoms with Crippen LogP contribution in [0.5, 0.6) is 5.75 Å². The van der Waals surface area contributed by atoms with Crippen molar-refractivity contribution in [2.24, 2.45) is 0 Å². The lowest BCUT2D eigenvalue weighted by molar-refractivity contribution is -0.245. The molecule has 1 saturated heterocycles. The topological polar surface area (TPSA) is 88.0 Å². The average molecular weight is 662 g/mol. The highest BCUT2D eigenvalue weighted by molar-refractivity contribution is 7.99. The van der Waals surface area contributed by atoms with Gasteiger partial charge in [0, 0.05) is 34.7 Å². The zero-order valence-corrected chi connectivity index (χ0v) is 29.0. The van der Waals surface area contributed by atoms with Gasteiger partial charge in [0.15, 0.2) is 6.29 Å². The summed E-state index contributed by atoms with van der Waals surface area (Å²) in [5, 5.41) is 22.2. The van der Waals surface area contributed by atoms with Crippen LogP contribution in [0.3, 0.4) is 0 Å². The SMILES string of the molecule is CCCCCCCCCCCCCCCC(=O)Nc1cccc(C2O[C@H](CSc3ccc(O)cc3)C[C@H](c3ccc(CO)cc3)O2)c1. The van der Waals surface area contributed by atoms with Crippen LogP contribution in [-0.4, -0.2) is 28.0 Å². The summed E-state index contributed by atoms with van der Waals surface area (Å²) in [6.45, 7) is 2.27. The quantitative estimate of drug-likeness (QED) is 0.0778. The Balaban J connectivity index is 1.23. The number of anilines is 1. The van der Waals surface area contributed by atoms with Crippen molar-refractivity contribution in [3.8, 4) is 5.75 Å². The molecular weight excluding hydrogens is 607 g/mol. The molecular formula is C40H55NO5S. The summed E-state index contributed by atoms with van der Waals surface area (Å²) in [4.78, 5) is 13.8. The van der Waals surface area contributed by atoms with Crippen LogP contribution >= 0.6 is 11.8 Å². The van der Waals surface area contributed by atoms with Gasteiger partial charge in [0.2, 0.25) is 5.91 Å². The number of phenols is 1. The van der Waals surface area contributed by atoms with E-state index in [-0.39, 0.29) is 30.5 Å². The van der Waals surface area contributed by atoms with Crippen LogP contribution in [0.1, 0.15) is 132 Å². The molecule has 0 radical (unpaired) electrons. The lowest BCUT2D eigenvalue weighted by atomic mass is 10.0. The smallest absolute Gasteiger partial charge is 0.224 e. The Labute approximate surface area is 286 Å². The maximum atomic E-state index is 12.8. The van der Waals surface area contributed by atoms with Gasteiger partial charge in [0.1, 0.15) is 5.75 Å². The van der Waals surface area contributed by atoms with E-state index in [4.69, 9.17) is 9.47 Å². The van der Waals surface area contributed by atoms with Crippen LogP contribution in [-0.2, 0) is 20.9 Å². The van der Waals surface area contributed by atoms with Crippen molar-refractivity contribution >= 4 is 23.4 Å². The Morgan fingerprint density at radius 1 is 0.787 bits per heavy atom. The largest absolute Gasteiger partial charge is 0.508 e. The molecule has 0 aromatic heterocycles. The van der Waals surface area contributed by atoms with E-state index < -0.39 is 6.29 Å². The fourth-order valence-corrected chi connectivity index (χ4v) is 6.97. The number of carbonyl (C=O) groups is 1. The number of aromatic hydroxyl groups is 1. The first-order chi connectivity index (χ1) is 23.0. The van der Waals surface area contributed by atoms with Crippen LogP contribution in [0.25, 0.3) is 0 Å². The third-order valence-corrected chi connectivity index (χ3v) is 9.98. The predicted octanol–water partition coefficient (Wildman–Crippen LogP) is 10.6. The van der Waals surface area contributed by atoms with Crippen molar-refractivity contribution in [2.75, 3.05) is 11.1 Å². The molecule has 6 nitrogen and oxygen atoms in total. The van der Waals surface area contributed by atoms with Crippen LogP contribution in [0.4, 0.5) is 5.69 Å². The number of aliphatic hydroxyl groups excluding tert-OH is 1. The fourth-order valence-electron chi connectivity index (χ4n) is 6.04. The van der Waals surface area contributed by atoms with Gasteiger partial charge in [-0.2, -0.15) is 0 Å². The maximum absolute atomic E-state index is 12.8. The first-order valence-electron chi connectivity index (χ1n) is 17.9. The van der Waals surface area contributed by atoms with Gasteiger partial charge in [-0.25, -0.2) is 0 Å². The van der Waals surface area contributed by atoms with Gasteiger partial charge in [-0.05, 0) is 53.9 Å². The summed E-state index contributed by atoms with van der Waals surface area (Å²) in [7, 11) is 0. The standard InChI is InChI=1S/C40H55NO5S/c1-2-3-4-5-6-7-8-9-10-11-12-13-14-18-39(44)41-34-17-15-16-33(27-34)40-45-36(30-47-37-25-23-35(43)24-26-37)28-38(46-40)32-21-19-31(29-42)20-22-32/h15-17,19-27,36,38,40,42-43H,2-14,18,28-30H2,1H3,(H,41,44)/t36-,38+,40?/m0/s1. The van der Waals surface area contributed by atoms with Crippen molar-refractivity contribution in [1.29, 1.82) is 0 Å². The first kappa shape index (κ1) is 37.0. The van der Waals surface area contributed by atoms with Crippen molar-refractivity contribution in [3.05, 3.63) is 89.5 Å². The van der Waals surface area contributed by atoms with E-state index in [0.717, 1.165) is 45.9 Å². The van der Waals surface area contributed by atoms with Gasteiger partial charge in [-0.1, -0.05) is 120 Å². The summed E-state index contributed by atoms with van der Waals surface area (Å²) in [6, 6.07) is 22.9. The van der Waals surface area contributed by atoms with Gasteiger partial charge in [0.05, 0.1) is 18.8 Å². The van der Waals surface area contributed by atoms with Crippen molar-refractivity contribution in [2.45, 2.75) is 133 Å². The number of rotatable bonds is 21. The number of unbranched alkanes of at least 4 members (excludes halogenated alkanes) is 12. The van der Waals surface area contributed by atoms with Crippen LogP contribution < -0.4 is 5.32 Å². The second-order valence-corrected chi connectivity index (χ2v) is 13.9. The van der Waals surface area contributed by atoms with Gasteiger partial charge in [0.25, 0.3) is 0 Å². The van der Waals surface area contributed by atoms with Gasteiger partial charge >= 0.3 is 0 Å². The van der Waals surface area contributed by atoms with E-state index in [1.54, 1.807) is 23.9 Å². The summed E-state index contributed by atoms with van der Waals surface area (Å²) < 4.78 is 13.0. The Hall–Kier alpha value is -2.84. The molecule has 47 heavy (non-hydrogen) atoms. The zero-order valence-electron chi connectivity index (χ0n) is 28.2. The van der Waals surface area contributed by atoms with Crippen LogP contribution in [0.2, 0.25) is 0 Å². The summed E-state index contributed by atoms with van der Waals surface area (Å²) in [6.07, 6.45) is 17.1. The molecule has 4 rings (SSSR count). The minimum Gasteiger partial charge on any atom is -0.508 e. The molecule has 0 saturated carbocycles. The molecule has 1 unspecified atom stereocenters. The van der Waals surface area contributed by atoms with Crippen molar-refractivity contribution in [3.63, 3.8) is 0 Å². The van der Waals surface area contributed by atoms with Gasteiger partial charge < -0.3 is 25.0 Å². The number of aliphatic hydroxyl groups is 1. The zero-order chi connectivity index (χ0) is 33.1. The molecule has 3 atom stereocenters. The number of hydrogen-bond acceptors (Lipinski definition) is 6. The monoisotopic (exact) mass is 661 g/mol. The highest BCUT2D eigenvalue weighted by Gasteiger charge is 2.32. The van der Waals surface area contributed by atoms with E-state index >= 15 is 0 Å².